The number of aromatic nitrogens is 2. The highest BCUT2D eigenvalue weighted by Crippen LogP contribution is 2.35. The fourth-order valence-electron chi connectivity index (χ4n) is 3.94. The number of hydrogen-bond acceptors (Lipinski definition) is 6. The Hall–Kier alpha value is -3.85. The van der Waals surface area contributed by atoms with Gasteiger partial charge in [-0.2, -0.15) is 5.10 Å². The van der Waals surface area contributed by atoms with Crippen LogP contribution in [0.2, 0.25) is 0 Å². The number of nitrogens with two attached hydrogens (primary N) is 1. The summed E-state index contributed by atoms with van der Waals surface area (Å²) in [5.41, 5.74) is 9.01. The smallest absolute Gasteiger partial charge is 0.411 e. The van der Waals surface area contributed by atoms with Crippen molar-refractivity contribution < 1.29 is 14.3 Å². The number of carbonyl (C=O) groups excluding carboxylic acids is 1. The van der Waals surface area contributed by atoms with Crippen LogP contribution in [0.25, 0.3) is 10.1 Å². The summed E-state index contributed by atoms with van der Waals surface area (Å²) in [5.74, 6) is 0.657. The molecular weight excluding hydrogens is 474 g/mol. The van der Waals surface area contributed by atoms with Crippen molar-refractivity contribution in [1.29, 1.82) is 5.41 Å². The SMILES string of the molecule is CCCCc1nn(C)c(C)c1NC(=O)OCC(Oc1cccc2sc(C(=N)N)cc12)c1ccccc1. The molecule has 2 heterocycles. The summed E-state index contributed by atoms with van der Waals surface area (Å²) in [6, 6.07) is 17.2. The largest absolute Gasteiger partial charge is 0.481 e. The number of anilines is 1. The Bertz CT molecular complexity index is 1360. The van der Waals surface area contributed by atoms with Crippen LogP contribution >= 0.6 is 11.3 Å². The Balaban J connectivity index is 1.52. The van der Waals surface area contributed by atoms with E-state index in [2.05, 4.69) is 17.3 Å². The predicted molar refractivity (Wildman–Crippen MR) is 144 cm³/mol. The molecule has 0 bridgehead atoms. The van der Waals surface area contributed by atoms with E-state index in [0.29, 0.717) is 16.3 Å². The van der Waals surface area contributed by atoms with E-state index in [4.69, 9.17) is 20.6 Å². The van der Waals surface area contributed by atoms with Gasteiger partial charge in [-0.1, -0.05) is 49.7 Å². The minimum Gasteiger partial charge on any atom is -0.481 e. The van der Waals surface area contributed by atoms with Crippen LogP contribution in [0.5, 0.6) is 5.75 Å². The van der Waals surface area contributed by atoms with Gasteiger partial charge >= 0.3 is 6.09 Å². The Labute approximate surface area is 214 Å². The topological polar surface area (TPSA) is 115 Å². The maximum Gasteiger partial charge on any atom is 0.411 e. The van der Waals surface area contributed by atoms with Gasteiger partial charge in [-0.15, -0.1) is 11.3 Å². The number of amides is 1. The maximum atomic E-state index is 12.8. The van der Waals surface area contributed by atoms with E-state index >= 15 is 0 Å². The number of fused-ring (bicyclic) bond motifs is 1. The molecule has 1 amide bonds. The molecule has 0 aliphatic heterocycles. The Morgan fingerprint density at radius 1 is 1.22 bits per heavy atom. The highest BCUT2D eigenvalue weighted by atomic mass is 32.1. The van der Waals surface area contributed by atoms with Crippen LogP contribution in [0, 0.1) is 12.3 Å². The first-order valence-corrected chi connectivity index (χ1v) is 12.7. The number of carbonyl (C=O) groups is 1. The number of amidine groups is 1. The lowest BCUT2D eigenvalue weighted by Gasteiger charge is -2.20. The number of nitrogen functional groups attached to an aromatic ring is 1. The molecule has 0 aliphatic carbocycles. The van der Waals surface area contributed by atoms with E-state index < -0.39 is 12.2 Å². The number of nitrogens with zero attached hydrogens (tertiary/aromatic N) is 2. The molecule has 4 aromatic rings. The van der Waals surface area contributed by atoms with Crippen LogP contribution < -0.4 is 15.8 Å². The normalized spacial score (nSPS) is 11.9. The number of nitrogens with one attached hydrogen (secondary N) is 2. The van der Waals surface area contributed by atoms with Gasteiger partial charge in [-0.25, -0.2) is 4.79 Å². The van der Waals surface area contributed by atoms with E-state index in [9.17, 15) is 4.79 Å². The molecule has 0 saturated carbocycles. The first-order valence-electron chi connectivity index (χ1n) is 11.9. The Morgan fingerprint density at radius 2 is 2.00 bits per heavy atom. The number of aryl methyl sites for hydroxylation is 2. The molecule has 0 aliphatic rings. The van der Waals surface area contributed by atoms with Crippen molar-refractivity contribution in [2.24, 2.45) is 12.8 Å². The zero-order chi connectivity index (χ0) is 25.7. The molecule has 2 aromatic carbocycles. The molecule has 1 unspecified atom stereocenters. The number of rotatable bonds is 10. The third-order valence-electron chi connectivity index (χ3n) is 5.99. The van der Waals surface area contributed by atoms with Gasteiger partial charge in [0.25, 0.3) is 0 Å². The van der Waals surface area contributed by atoms with Crippen LogP contribution in [0.1, 0.15) is 47.7 Å². The number of ether oxygens (including phenoxy) is 2. The zero-order valence-corrected chi connectivity index (χ0v) is 21.5. The predicted octanol–water partition coefficient (Wildman–Crippen LogP) is 5.94. The summed E-state index contributed by atoms with van der Waals surface area (Å²) < 4.78 is 14.8. The van der Waals surface area contributed by atoms with Crippen LogP contribution in [-0.2, 0) is 18.2 Å². The lowest BCUT2D eigenvalue weighted by Crippen LogP contribution is -2.21. The molecule has 9 heteroatoms. The molecule has 0 radical (unpaired) electrons. The number of hydrogen-bond donors (Lipinski definition) is 3. The summed E-state index contributed by atoms with van der Waals surface area (Å²) in [4.78, 5) is 13.5. The van der Waals surface area contributed by atoms with Crippen molar-refractivity contribution in [2.75, 3.05) is 11.9 Å². The first-order chi connectivity index (χ1) is 17.4. The second-order valence-electron chi connectivity index (χ2n) is 8.57. The highest BCUT2D eigenvalue weighted by molar-refractivity contribution is 7.20. The minimum absolute atomic E-state index is 0.0134. The molecule has 4 rings (SSSR count). The van der Waals surface area contributed by atoms with Gasteiger partial charge in [0, 0.05) is 17.1 Å². The lowest BCUT2D eigenvalue weighted by molar-refractivity contribution is 0.0910. The summed E-state index contributed by atoms with van der Waals surface area (Å²) in [6.45, 7) is 4.06. The first kappa shape index (κ1) is 25.2. The van der Waals surface area contributed by atoms with Crippen LogP contribution in [-0.4, -0.2) is 28.3 Å². The standard InChI is InChI=1S/C27H31N5O3S/c1-4-5-12-20-25(17(2)32(3)31-20)30-27(33)34-16-22(18-10-7-6-8-11-18)35-21-13-9-14-23-19(21)15-24(36-23)26(28)29/h6-11,13-15,22H,4-5,12,16H2,1-3H3,(H3,28,29)(H,30,33). The van der Waals surface area contributed by atoms with Gasteiger partial charge in [0.15, 0.2) is 6.10 Å². The minimum atomic E-state index is -0.555. The quantitative estimate of drug-likeness (QED) is 0.182. The monoisotopic (exact) mass is 505 g/mol. The average molecular weight is 506 g/mol. The molecule has 8 nitrogen and oxygen atoms in total. The van der Waals surface area contributed by atoms with Crippen molar-refractivity contribution in [1.82, 2.24) is 9.78 Å². The molecule has 4 N–H and O–H groups in total. The molecule has 0 spiro atoms. The van der Waals surface area contributed by atoms with Gasteiger partial charge in [-0.3, -0.25) is 15.4 Å². The third-order valence-corrected chi connectivity index (χ3v) is 7.13. The number of unbranched alkanes of at least 4 members (excludes halogenated alkanes) is 1. The lowest BCUT2D eigenvalue weighted by atomic mass is 10.1. The second kappa shape index (κ2) is 11.3. The van der Waals surface area contributed by atoms with E-state index in [0.717, 1.165) is 46.3 Å². The number of thiophene rings is 1. The maximum absolute atomic E-state index is 12.8. The fourth-order valence-corrected chi connectivity index (χ4v) is 4.88. The van der Waals surface area contributed by atoms with Crippen LogP contribution in [0.4, 0.5) is 10.5 Å². The van der Waals surface area contributed by atoms with Gasteiger partial charge in [0.05, 0.1) is 22.0 Å². The van der Waals surface area contributed by atoms with Gasteiger partial charge in [0.2, 0.25) is 0 Å². The van der Waals surface area contributed by atoms with E-state index in [-0.39, 0.29) is 12.4 Å². The molecule has 2 aromatic heterocycles. The zero-order valence-electron chi connectivity index (χ0n) is 20.7. The van der Waals surface area contributed by atoms with Crippen molar-refractivity contribution >= 4 is 39.0 Å². The van der Waals surface area contributed by atoms with E-state index in [1.807, 2.05) is 68.6 Å². The number of benzene rings is 2. The van der Waals surface area contributed by atoms with Crippen molar-refractivity contribution in [3.8, 4) is 5.75 Å². The van der Waals surface area contributed by atoms with Crippen LogP contribution in [0.15, 0.2) is 54.6 Å². The Morgan fingerprint density at radius 3 is 2.72 bits per heavy atom. The summed E-state index contributed by atoms with van der Waals surface area (Å²) >= 11 is 1.44. The highest BCUT2D eigenvalue weighted by Gasteiger charge is 2.21. The van der Waals surface area contributed by atoms with Crippen LogP contribution in [0.3, 0.4) is 0 Å². The van der Waals surface area contributed by atoms with E-state index in [1.165, 1.54) is 11.3 Å². The average Bonchev–Trinajstić information content (AvgIpc) is 3.43. The molecule has 188 valence electrons. The van der Waals surface area contributed by atoms with Crippen molar-refractivity contribution in [2.45, 2.75) is 39.2 Å². The van der Waals surface area contributed by atoms with Crippen molar-refractivity contribution in [3.05, 3.63) is 76.4 Å². The molecule has 0 fully saturated rings. The third kappa shape index (κ3) is 5.68. The molecule has 1 atom stereocenters. The fraction of sp³-hybridized carbons (Fsp3) is 0.296. The molecule has 36 heavy (non-hydrogen) atoms. The molecule has 0 saturated heterocycles. The second-order valence-corrected chi connectivity index (χ2v) is 9.65. The van der Waals surface area contributed by atoms with Gasteiger partial charge in [-0.05, 0) is 43.5 Å². The summed E-state index contributed by atoms with van der Waals surface area (Å²) in [5, 5.41) is 16.1. The Kier molecular flexibility index (Phi) is 7.90. The summed E-state index contributed by atoms with van der Waals surface area (Å²) in [6.07, 6.45) is 1.74. The van der Waals surface area contributed by atoms with Crippen molar-refractivity contribution in [3.63, 3.8) is 0 Å². The van der Waals surface area contributed by atoms with Gasteiger partial charge in [0.1, 0.15) is 18.2 Å². The molecular formula is C27H31N5O3S. The van der Waals surface area contributed by atoms with Gasteiger partial charge < -0.3 is 15.2 Å². The summed E-state index contributed by atoms with van der Waals surface area (Å²) in [7, 11) is 1.86. The van der Waals surface area contributed by atoms with E-state index in [1.54, 1.807) is 4.68 Å².